The molecular weight excluding hydrogens is 256 g/mol. The van der Waals surface area contributed by atoms with Crippen LogP contribution in [-0.2, 0) is 6.54 Å². The largest absolute Gasteiger partial charge is 0.399 e. The summed E-state index contributed by atoms with van der Waals surface area (Å²) in [5.74, 6) is -0.328. The Labute approximate surface area is 116 Å². The van der Waals surface area contributed by atoms with Crippen LogP contribution in [0.4, 0.5) is 17.1 Å². The van der Waals surface area contributed by atoms with Crippen molar-refractivity contribution in [3.05, 3.63) is 52.4 Å². The fourth-order valence-electron chi connectivity index (χ4n) is 1.86. The van der Waals surface area contributed by atoms with Gasteiger partial charge in [-0.05, 0) is 31.2 Å². The number of nitrogens with two attached hydrogens (primary N) is 2. The minimum absolute atomic E-state index is 0.112. The zero-order valence-corrected chi connectivity index (χ0v) is 11.1. The molecule has 6 nitrogen and oxygen atoms in total. The Bertz CT molecular complexity index is 686. The second-order valence-corrected chi connectivity index (χ2v) is 4.38. The van der Waals surface area contributed by atoms with E-state index in [1.165, 1.54) is 10.6 Å². The Morgan fingerprint density at radius 3 is 2.45 bits per heavy atom. The maximum Gasteiger partial charge on any atom is 0.255 e. The molecule has 0 aliphatic rings. The maximum atomic E-state index is 12.1. The molecule has 6 heteroatoms. The molecule has 1 aromatic heterocycles. The number of carbonyl (C=O) groups excluding carboxylic acids is 1. The van der Waals surface area contributed by atoms with E-state index in [0.29, 0.717) is 29.2 Å². The Balaban J connectivity index is 2.25. The third kappa shape index (κ3) is 2.97. The molecule has 1 amide bonds. The van der Waals surface area contributed by atoms with Gasteiger partial charge in [-0.25, -0.2) is 0 Å². The van der Waals surface area contributed by atoms with E-state index in [2.05, 4.69) is 5.32 Å². The van der Waals surface area contributed by atoms with E-state index >= 15 is 0 Å². The van der Waals surface area contributed by atoms with E-state index in [0.717, 1.165) is 0 Å². The van der Waals surface area contributed by atoms with Crippen LogP contribution in [-0.4, -0.2) is 10.5 Å². The van der Waals surface area contributed by atoms with Gasteiger partial charge < -0.3 is 21.4 Å². The third-order valence-corrected chi connectivity index (χ3v) is 2.82. The van der Waals surface area contributed by atoms with Crippen LogP contribution in [0.1, 0.15) is 17.3 Å². The standard InChI is InChI=1S/C14H16N4O2/c1-2-18-8-12(3-4-13(18)19)17-14(20)9-5-10(15)7-11(16)6-9/h3-8H,2,15-16H2,1H3,(H,17,20). The summed E-state index contributed by atoms with van der Waals surface area (Å²) >= 11 is 0. The van der Waals surface area contributed by atoms with Crippen molar-refractivity contribution in [1.29, 1.82) is 0 Å². The average molecular weight is 272 g/mol. The fraction of sp³-hybridized carbons (Fsp3) is 0.143. The van der Waals surface area contributed by atoms with Crippen LogP contribution >= 0.6 is 0 Å². The van der Waals surface area contributed by atoms with E-state index in [4.69, 9.17) is 11.5 Å². The third-order valence-electron chi connectivity index (χ3n) is 2.82. The van der Waals surface area contributed by atoms with E-state index in [1.807, 2.05) is 6.92 Å². The predicted molar refractivity (Wildman–Crippen MR) is 79.6 cm³/mol. The number of hydrogen-bond donors (Lipinski definition) is 3. The normalized spacial score (nSPS) is 10.2. The van der Waals surface area contributed by atoms with Gasteiger partial charge in [-0.3, -0.25) is 9.59 Å². The summed E-state index contributed by atoms with van der Waals surface area (Å²) in [5.41, 5.74) is 12.9. The highest BCUT2D eigenvalue weighted by atomic mass is 16.1. The Hall–Kier alpha value is -2.76. The van der Waals surface area contributed by atoms with Gasteiger partial charge in [-0.2, -0.15) is 0 Å². The number of carbonyl (C=O) groups is 1. The molecule has 0 bridgehead atoms. The molecule has 1 aromatic carbocycles. The van der Waals surface area contributed by atoms with Crippen LogP contribution in [0, 0.1) is 0 Å². The van der Waals surface area contributed by atoms with Crippen LogP contribution in [0.3, 0.4) is 0 Å². The van der Waals surface area contributed by atoms with E-state index in [1.54, 1.807) is 30.5 Å². The Morgan fingerprint density at radius 1 is 1.20 bits per heavy atom. The molecule has 0 saturated carbocycles. The molecule has 0 saturated heterocycles. The van der Waals surface area contributed by atoms with Gasteiger partial charge >= 0.3 is 0 Å². The lowest BCUT2D eigenvalue weighted by atomic mass is 10.1. The molecule has 5 N–H and O–H groups in total. The van der Waals surface area contributed by atoms with Crippen molar-refractivity contribution in [3.8, 4) is 0 Å². The quantitative estimate of drug-likeness (QED) is 0.732. The van der Waals surface area contributed by atoms with Crippen LogP contribution in [0.15, 0.2) is 41.3 Å². The number of anilines is 3. The number of nitrogens with one attached hydrogen (secondary N) is 1. The highest BCUT2D eigenvalue weighted by molar-refractivity contribution is 6.05. The van der Waals surface area contributed by atoms with Gasteiger partial charge in [0, 0.05) is 35.7 Å². The van der Waals surface area contributed by atoms with Gasteiger partial charge in [0.15, 0.2) is 0 Å². The highest BCUT2D eigenvalue weighted by Gasteiger charge is 2.08. The van der Waals surface area contributed by atoms with E-state index < -0.39 is 0 Å². The summed E-state index contributed by atoms with van der Waals surface area (Å²) in [5, 5.41) is 2.70. The fourth-order valence-corrected chi connectivity index (χ4v) is 1.86. The first-order valence-corrected chi connectivity index (χ1v) is 6.17. The zero-order chi connectivity index (χ0) is 14.7. The van der Waals surface area contributed by atoms with Crippen LogP contribution in [0.25, 0.3) is 0 Å². The summed E-state index contributed by atoms with van der Waals surface area (Å²) in [6.07, 6.45) is 1.59. The lowest BCUT2D eigenvalue weighted by Crippen LogP contribution is -2.20. The highest BCUT2D eigenvalue weighted by Crippen LogP contribution is 2.15. The van der Waals surface area contributed by atoms with Crippen molar-refractivity contribution in [2.24, 2.45) is 0 Å². The second-order valence-electron chi connectivity index (χ2n) is 4.38. The lowest BCUT2D eigenvalue weighted by molar-refractivity contribution is 0.102. The van der Waals surface area contributed by atoms with Gasteiger partial charge in [0.25, 0.3) is 11.5 Å². The van der Waals surface area contributed by atoms with E-state index in [9.17, 15) is 9.59 Å². The zero-order valence-electron chi connectivity index (χ0n) is 11.1. The monoisotopic (exact) mass is 272 g/mol. The number of benzene rings is 1. The molecule has 0 fully saturated rings. The smallest absolute Gasteiger partial charge is 0.255 e. The van der Waals surface area contributed by atoms with Gasteiger partial charge in [-0.1, -0.05) is 0 Å². The molecule has 0 atom stereocenters. The number of nitrogens with zero attached hydrogens (tertiary/aromatic N) is 1. The average Bonchev–Trinajstić information content (AvgIpc) is 2.39. The lowest BCUT2D eigenvalue weighted by Gasteiger charge is -2.09. The SMILES string of the molecule is CCn1cc(NC(=O)c2cc(N)cc(N)c2)ccc1=O. The van der Waals surface area contributed by atoms with Gasteiger partial charge in [-0.15, -0.1) is 0 Å². The maximum absolute atomic E-state index is 12.1. The van der Waals surface area contributed by atoms with Gasteiger partial charge in [0.05, 0.1) is 5.69 Å². The number of aromatic nitrogens is 1. The summed E-state index contributed by atoms with van der Waals surface area (Å²) in [6, 6.07) is 7.63. The van der Waals surface area contributed by atoms with Crippen molar-refractivity contribution in [3.63, 3.8) is 0 Å². The summed E-state index contributed by atoms with van der Waals surface area (Å²) in [4.78, 5) is 23.6. The number of pyridine rings is 1. The number of hydrogen-bond acceptors (Lipinski definition) is 4. The van der Waals surface area contributed by atoms with Crippen molar-refractivity contribution in [2.75, 3.05) is 16.8 Å². The topological polar surface area (TPSA) is 103 Å². The van der Waals surface area contributed by atoms with Crippen LogP contribution < -0.4 is 22.3 Å². The van der Waals surface area contributed by atoms with E-state index in [-0.39, 0.29) is 11.5 Å². The molecule has 104 valence electrons. The van der Waals surface area contributed by atoms with Crippen molar-refractivity contribution < 1.29 is 4.79 Å². The molecule has 20 heavy (non-hydrogen) atoms. The van der Waals surface area contributed by atoms with Crippen molar-refractivity contribution in [2.45, 2.75) is 13.5 Å². The molecule has 0 aliphatic carbocycles. The molecule has 1 heterocycles. The van der Waals surface area contributed by atoms with Crippen LogP contribution in [0.2, 0.25) is 0 Å². The molecular formula is C14H16N4O2. The minimum atomic E-state index is -0.328. The first kappa shape index (κ1) is 13.7. The number of nitrogen functional groups attached to an aromatic ring is 2. The van der Waals surface area contributed by atoms with Crippen LogP contribution in [0.5, 0.6) is 0 Å². The molecule has 0 unspecified atom stereocenters. The Morgan fingerprint density at radius 2 is 1.85 bits per heavy atom. The van der Waals surface area contributed by atoms with Gasteiger partial charge in [0.2, 0.25) is 0 Å². The second kappa shape index (κ2) is 5.48. The van der Waals surface area contributed by atoms with Gasteiger partial charge in [0.1, 0.15) is 0 Å². The molecule has 2 aromatic rings. The molecule has 0 aliphatic heterocycles. The molecule has 0 radical (unpaired) electrons. The Kier molecular flexibility index (Phi) is 3.74. The number of rotatable bonds is 3. The first-order chi connectivity index (χ1) is 9.49. The minimum Gasteiger partial charge on any atom is -0.399 e. The predicted octanol–water partition coefficient (Wildman–Crippen LogP) is 1.28. The van der Waals surface area contributed by atoms with Crippen molar-refractivity contribution in [1.82, 2.24) is 4.57 Å². The molecule has 0 spiro atoms. The molecule has 2 rings (SSSR count). The summed E-state index contributed by atoms with van der Waals surface area (Å²) in [7, 11) is 0. The summed E-state index contributed by atoms with van der Waals surface area (Å²) < 4.78 is 1.50. The number of aryl methyl sites for hydroxylation is 1. The summed E-state index contributed by atoms with van der Waals surface area (Å²) in [6.45, 7) is 2.39. The first-order valence-electron chi connectivity index (χ1n) is 6.17. The number of amides is 1. The van der Waals surface area contributed by atoms with Crippen molar-refractivity contribution >= 4 is 23.0 Å².